The fraction of sp³-hybridized carbons (Fsp3) is 0.300. The van der Waals surface area contributed by atoms with Gasteiger partial charge in [0, 0.05) is 18.6 Å². The van der Waals surface area contributed by atoms with E-state index in [1.807, 2.05) is 0 Å². The number of rotatable bonds is 4. The molecule has 80 valence electrons. The first-order chi connectivity index (χ1) is 7.13. The first kappa shape index (κ1) is 11.2. The number of esters is 1. The number of nitro benzene ring substituents is 1. The van der Waals surface area contributed by atoms with Crippen molar-refractivity contribution in [2.75, 3.05) is 7.11 Å². The molecule has 0 saturated heterocycles. The fourth-order valence-corrected chi connectivity index (χ4v) is 1.17. The molecule has 0 amide bonds. The minimum atomic E-state index is -0.457. The fourth-order valence-electron chi connectivity index (χ4n) is 1.17. The Balaban J connectivity index is 2.66. The number of aryl methyl sites for hydroxylation is 1. The van der Waals surface area contributed by atoms with Gasteiger partial charge in [-0.3, -0.25) is 14.9 Å². The van der Waals surface area contributed by atoms with Gasteiger partial charge in [-0.05, 0) is 12.0 Å². The van der Waals surface area contributed by atoms with Crippen LogP contribution in [0.4, 0.5) is 5.69 Å². The van der Waals surface area contributed by atoms with Gasteiger partial charge in [-0.15, -0.1) is 0 Å². The summed E-state index contributed by atoms with van der Waals surface area (Å²) in [6, 6.07) is 6.23. The lowest BCUT2D eigenvalue weighted by atomic mass is 10.1. The predicted octanol–water partition coefficient (Wildman–Crippen LogP) is 1.70. The molecule has 1 aromatic carbocycles. The second-order valence-electron chi connectivity index (χ2n) is 3.00. The van der Waals surface area contributed by atoms with E-state index in [1.165, 1.54) is 19.2 Å². The lowest BCUT2D eigenvalue weighted by molar-refractivity contribution is -0.384. The topological polar surface area (TPSA) is 69.4 Å². The molecule has 5 nitrogen and oxygen atoms in total. The molecule has 0 spiro atoms. The van der Waals surface area contributed by atoms with Crippen LogP contribution in [-0.4, -0.2) is 18.0 Å². The van der Waals surface area contributed by atoms with E-state index in [1.54, 1.807) is 12.1 Å². The van der Waals surface area contributed by atoms with E-state index in [4.69, 9.17) is 0 Å². The average molecular weight is 209 g/mol. The first-order valence-corrected chi connectivity index (χ1v) is 4.43. The Bertz CT molecular complexity index is 375. The van der Waals surface area contributed by atoms with Gasteiger partial charge < -0.3 is 4.74 Å². The molecule has 1 aromatic rings. The standard InChI is InChI=1S/C10H11NO4/c1-15-10(12)6-5-8-3-2-4-9(7-8)11(13)14/h2-4,7H,5-6H2,1H3. The SMILES string of the molecule is COC(=O)CCc1cccc([N+](=O)[O-])c1. The molecule has 15 heavy (non-hydrogen) atoms. The predicted molar refractivity (Wildman–Crippen MR) is 53.4 cm³/mol. The third kappa shape index (κ3) is 3.38. The number of ether oxygens (including phenoxy) is 1. The molecule has 0 fully saturated rings. The normalized spacial score (nSPS) is 9.67. The molecule has 0 bridgehead atoms. The van der Waals surface area contributed by atoms with E-state index in [2.05, 4.69) is 4.74 Å². The summed E-state index contributed by atoms with van der Waals surface area (Å²) in [5, 5.41) is 10.5. The number of carbonyl (C=O) groups is 1. The molecule has 0 N–H and O–H groups in total. The molecule has 0 heterocycles. The van der Waals surface area contributed by atoms with Crippen molar-refractivity contribution >= 4 is 11.7 Å². The Morgan fingerprint density at radius 3 is 2.87 bits per heavy atom. The molecule has 0 unspecified atom stereocenters. The van der Waals surface area contributed by atoms with Gasteiger partial charge in [0.15, 0.2) is 0 Å². The van der Waals surface area contributed by atoms with Crippen LogP contribution in [-0.2, 0) is 16.0 Å². The third-order valence-corrected chi connectivity index (χ3v) is 1.97. The highest BCUT2D eigenvalue weighted by Gasteiger charge is 2.07. The molecule has 0 aromatic heterocycles. The van der Waals surface area contributed by atoms with Crippen molar-refractivity contribution in [3.63, 3.8) is 0 Å². The molecule has 0 atom stereocenters. The lowest BCUT2D eigenvalue weighted by Gasteiger charge is -2.00. The maximum Gasteiger partial charge on any atom is 0.305 e. The molecule has 0 aliphatic heterocycles. The number of hydrogen-bond donors (Lipinski definition) is 0. The van der Waals surface area contributed by atoms with E-state index < -0.39 is 4.92 Å². The van der Waals surface area contributed by atoms with Crippen molar-refractivity contribution < 1.29 is 14.5 Å². The van der Waals surface area contributed by atoms with Crippen molar-refractivity contribution in [1.82, 2.24) is 0 Å². The van der Waals surface area contributed by atoms with E-state index in [-0.39, 0.29) is 18.1 Å². The number of carbonyl (C=O) groups excluding carboxylic acids is 1. The minimum absolute atomic E-state index is 0.0392. The summed E-state index contributed by atoms with van der Waals surface area (Å²) < 4.78 is 4.48. The second kappa shape index (κ2) is 5.09. The van der Waals surface area contributed by atoms with Gasteiger partial charge in [0.25, 0.3) is 5.69 Å². The van der Waals surface area contributed by atoms with Crippen molar-refractivity contribution in [1.29, 1.82) is 0 Å². The number of nitrogens with zero attached hydrogens (tertiary/aromatic N) is 1. The van der Waals surface area contributed by atoms with Gasteiger partial charge >= 0.3 is 5.97 Å². The highest BCUT2D eigenvalue weighted by Crippen LogP contribution is 2.14. The largest absolute Gasteiger partial charge is 0.469 e. The monoisotopic (exact) mass is 209 g/mol. The van der Waals surface area contributed by atoms with Crippen LogP contribution in [0, 0.1) is 10.1 Å². The van der Waals surface area contributed by atoms with Crippen molar-refractivity contribution in [3.8, 4) is 0 Å². The highest BCUT2D eigenvalue weighted by molar-refractivity contribution is 5.69. The first-order valence-electron chi connectivity index (χ1n) is 4.43. The Labute approximate surface area is 86.8 Å². The summed E-state index contributed by atoms with van der Waals surface area (Å²) >= 11 is 0. The van der Waals surface area contributed by atoms with Crippen LogP contribution in [0.5, 0.6) is 0 Å². The number of nitro groups is 1. The van der Waals surface area contributed by atoms with Crippen LogP contribution >= 0.6 is 0 Å². The molecule has 0 aliphatic rings. The van der Waals surface area contributed by atoms with Crippen LogP contribution in [0.1, 0.15) is 12.0 Å². The van der Waals surface area contributed by atoms with E-state index in [9.17, 15) is 14.9 Å². The van der Waals surface area contributed by atoms with Gasteiger partial charge in [-0.1, -0.05) is 12.1 Å². The molecule has 0 saturated carbocycles. The zero-order chi connectivity index (χ0) is 11.3. The summed E-state index contributed by atoms with van der Waals surface area (Å²) in [5.41, 5.74) is 0.798. The van der Waals surface area contributed by atoms with E-state index >= 15 is 0 Å². The minimum Gasteiger partial charge on any atom is -0.469 e. The van der Waals surface area contributed by atoms with Crippen molar-refractivity contribution in [2.45, 2.75) is 12.8 Å². The molecular formula is C10H11NO4. The Hall–Kier alpha value is -1.91. The number of benzene rings is 1. The highest BCUT2D eigenvalue weighted by atomic mass is 16.6. The number of hydrogen-bond acceptors (Lipinski definition) is 4. The second-order valence-corrected chi connectivity index (χ2v) is 3.00. The zero-order valence-electron chi connectivity index (χ0n) is 8.30. The number of methoxy groups -OCH3 is 1. The summed E-state index contributed by atoms with van der Waals surface area (Å²) in [5.74, 6) is -0.318. The van der Waals surface area contributed by atoms with Crippen molar-refractivity contribution in [3.05, 3.63) is 39.9 Å². The van der Waals surface area contributed by atoms with Gasteiger partial charge in [-0.2, -0.15) is 0 Å². The smallest absolute Gasteiger partial charge is 0.305 e. The summed E-state index contributed by atoms with van der Waals surface area (Å²) in [4.78, 5) is 20.9. The molecule has 1 rings (SSSR count). The molecule has 0 aliphatic carbocycles. The summed E-state index contributed by atoms with van der Waals surface area (Å²) in [6.45, 7) is 0. The molecular weight excluding hydrogens is 198 g/mol. The quantitative estimate of drug-likeness (QED) is 0.430. The Morgan fingerprint density at radius 2 is 2.27 bits per heavy atom. The van der Waals surface area contributed by atoms with E-state index in [0.29, 0.717) is 6.42 Å². The van der Waals surface area contributed by atoms with Crippen LogP contribution in [0.2, 0.25) is 0 Å². The van der Waals surface area contributed by atoms with Gasteiger partial charge in [-0.25, -0.2) is 0 Å². The number of non-ortho nitro benzene ring substituents is 1. The van der Waals surface area contributed by atoms with Gasteiger partial charge in [0.2, 0.25) is 0 Å². The van der Waals surface area contributed by atoms with Gasteiger partial charge in [0.05, 0.1) is 12.0 Å². The van der Waals surface area contributed by atoms with Crippen LogP contribution in [0.25, 0.3) is 0 Å². The average Bonchev–Trinajstić information content (AvgIpc) is 2.26. The third-order valence-electron chi connectivity index (χ3n) is 1.97. The zero-order valence-corrected chi connectivity index (χ0v) is 8.30. The van der Waals surface area contributed by atoms with Gasteiger partial charge in [0.1, 0.15) is 0 Å². The van der Waals surface area contributed by atoms with E-state index in [0.717, 1.165) is 5.56 Å². The summed E-state index contributed by atoms with van der Waals surface area (Å²) in [6.07, 6.45) is 0.687. The lowest BCUT2D eigenvalue weighted by Crippen LogP contribution is -2.02. The van der Waals surface area contributed by atoms with Crippen LogP contribution in [0.3, 0.4) is 0 Å². The summed E-state index contributed by atoms with van der Waals surface area (Å²) in [7, 11) is 1.32. The molecule has 5 heteroatoms. The van der Waals surface area contributed by atoms with Crippen molar-refractivity contribution in [2.24, 2.45) is 0 Å². The maximum atomic E-state index is 10.8. The maximum absolute atomic E-state index is 10.8. The van der Waals surface area contributed by atoms with Crippen LogP contribution < -0.4 is 0 Å². The molecule has 0 radical (unpaired) electrons. The van der Waals surface area contributed by atoms with Crippen LogP contribution in [0.15, 0.2) is 24.3 Å². The Morgan fingerprint density at radius 1 is 1.53 bits per heavy atom. The Kier molecular flexibility index (Phi) is 3.79.